The quantitative estimate of drug-likeness (QED) is 0.405. The summed E-state index contributed by atoms with van der Waals surface area (Å²) < 4.78 is 37.1. The topological polar surface area (TPSA) is 79.8 Å². The molecule has 2 aromatic heterocycles. The number of ether oxygens (including phenoxy) is 2. The molecule has 2 saturated heterocycles. The van der Waals surface area contributed by atoms with E-state index in [2.05, 4.69) is 26.7 Å². The summed E-state index contributed by atoms with van der Waals surface area (Å²) in [6.45, 7) is 12.3. The highest BCUT2D eigenvalue weighted by atomic mass is 19.3. The van der Waals surface area contributed by atoms with Gasteiger partial charge in [-0.25, -0.2) is 13.8 Å². The van der Waals surface area contributed by atoms with Gasteiger partial charge in [0, 0.05) is 43.0 Å². The molecule has 202 valence electrons. The summed E-state index contributed by atoms with van der Waals surface area (Å²) >= 11 is 0. The second-order valence-electron chi connectivity index (χ2n) is 9.13. The van der Waals surface area contributed by atoms with Crippen molar-refractivity contribution < 1.29 is 23.0 Å². The number of nitrogens with zero attached hydrogens (tertiary/aromatic N) is 4. The fraction of sp³-hybridized carbons (Fsp3) is 0.393. The van der Waals surface area contributed by atoms with E-state index in [4.69, 9.17) is 14.5 Å². The highest BCUT2D eigenvalue weighted by Gasteiger charge is 2.20. The molecule has 0 unspecified atom stereocenters. The Hall–Kier alpha value is -3.63. The van der Waals surface area contributed by atoms with Gasteiger partial charge in [-0.15, -0.1) is 0 Å². The van der Waals surface area contributed by atoms with Crippen molar-refractivity contribution in [1.82, 2.24) is 9.97 Å². The minimum absolute atomic E-state index is 0.0769. The summed E-state index contributed by atoms with van der Waals surface area (Å²) in [5.74, 6) is 1.18. The largest absolute Gasteiger partial charge is 0.378 e. The second-order valence-corrected chi connectivity index (χ2v) is 9.13. The number of rotatable bonds is 8. The summed E-state index contributed by atoms with van der Waals surface area (Å²) in [7, 11) is 0. The Balaban J connectivity index is 1.68. The van der Waals surface area contributed by atoms with Crippen molar-refractivity contribution in [1.29, 1.82) is 0 Å². The summed E-state index contributed by atoms with van der Waals surface area (Å²) in [5, 5.41) is 2.79. The lowest BCUT2D eigenvalue weighted by molar-refractivity contribution is -0.112. The average molecular weight is 526 g/mol. The number of hydrogen-bond donors (Lipinski definition) is 1. The van der Waals surface area contributed by atoms with Crippen molar-refractivity contribution in [3.8, 4) is 11.1 Å². The van der Waals surface area contributed by atoms with E-state index in [1.807, 2.05) is 25.1 Å². The van der Waals surface area contributed by atoms with Gasteiger partial charge in [-0.05, 0) is 49.3 Å². The van der Waals surface area contributed by atoms with Crippen LogP contribution in [0.1, 0.15) is 12.6 Å². The fourth-order valence-electron chi connectivity index (χ4n) is 4.29. The van der Waals surface area contributed by atoms with Gasteiger partial charge >= 0.3 is 0 Å². The van der Waals surface area contributed by atoms with Gasteiger partial charge in [0.25, 0.3) is 12.3 Å². The van der Waals surface area contributed by atoms with Gasteiger partial charge in [-0.2, -0.15) is 0 Å². The summed E-state index contributed by atoms with van der Waals surface area (Å²) in [4.78, 5) is 26.8. The van der Waals surface area contributed by atoms with E-state index in [9.17, 15) is 13.6 Å². The number of halogens is 2. The predicted molar refractivity (Wildman–Crippen MR) is 145 cm³/mol. The summed E-state index contributed by atoms with van der Waals surface area (Å²) in [5.41, 5.74) is 2.85. The Bertz CT molecular complexity index is 1180. The first-order valence-electron chi connectivity index (χ1n) is 12.6. The standard InChI is InChI=1S/C28H33F2N5O3/c1-4-5-21(14-19(2)27(29)30)28(36)32-23-17-24(20(3)31-18-23)22-15-25(34-6-10-37-11-7-34)33-26(16-22)35-8-12-38-13-9-35/h4-5,14-18,27H,1,6-13H2,2-3H3,(H,32,36)/b19-14+,21-5+. The van der Waals surface area contributed by atoms with Crippen LogP contribution in [0.15, 0.2) is 60.3 Å². The maximum atomic E-state index is 13.0. The molecule has 2 aromatic rings. The number of alkyl halides is 2. The van der Waals surface area contributed by atoms with Crippen molar-refractivity contribution in [3.05, 3.63) is 66.0 Å². The number of pyridine rings is 2. The molecular formula is C28H33F2N5O3. The van der Waals surface area contributed by atoms with E-state index in [1.54, 1.807) is 6.20 Å². The molecular weight excluding hydrogens is 492 g/mol. The minimum Gasteiger partial charge on any atom is -0.378 e. The molecule has 0 bridgehead atoms. The second kappa shape index (κ2) is 12.7. The van der Waals surface area contributed by atoms with Crippen molar-refractivity contribution in [2.75, 3.05) is 67.7 Å². The first-order chi connectivity index (χ1) is 18.4. The van der Waals surface area contributed by atoms with Gasteiger partial charge in [-0.1, -0.05) is 18.7 Å². The number of aryl methyl sites for hydroxylation is 1. The lowest BCUT2D eigenvalue weighted by Gasteiger charge is -2.32. The van der Waals surface area contributed by atoms with Crippen LogP contribution in [0.3, 0.4) is 0 Å². The van der Waals surface area contributed by atoms with E-state index >= 15 is 0 Å². The lowest BCUT2D eigenvalue weighted by Crippen LogP contribution is -2.39. The number of hydrogen-bond acceptors (Lipinski definition) is 7. The Morgan fingerprint density at radius 3 is 2.16 bits per heavy atom. The van der Waals surface area contributed by atoms with Crippen molar-refractivity contribution >= 4 is 23.2 Å². The maximum absolute atomic E-state index is 13.0. The SMILES string of the molecule is C=C/C=C(\C=C(/C)C(F)F)C(=O)Nc1cnc(C)c(-c2cc(N3CCOCC3)nc(N3CCOCC3)c2)c1. The molecule has 0 radical (unpaired) electrons. The van der Waals surface area contributed by atoms with Crippen molar-refractivity contribution in [2.24, 2.45) is 0 Å². The van der Waals surface area contributed by atoms with Crippen LogP contribution < -0.4 is 15.1 Å². The van der Waals surface area contributed by atoms with Gasteiger partial charge in [0.2, 0.25) is 0 Å². The van der Waals surface area contributed by atoms with E-state index in [-0.39, 0.29) is 11.1 Å². The molecule has 1 amide bonds. The Morgan fingerprint density at radius 1 is 1.05 bits per heavy atom. The van der Waals surface area contributed by atoms with Crippen LogP contribution in [0.4, 0.5) is 26.1 Å². The van der Waals surface area contributed by atoms with Crippen LogP contribution in [0.25, 0.3) is 11.1 Å². The number of carbonyl (C=O) groups is 1. The molecule has 8 nitrogen and oxygen atoms in total. The third-order valence-electron chi connectivity index (χ3n) is 6.41. The molecule has 38 heavy (non-hydrogen) atoms. The van der Waals surface area contributed by atoms with E-state index < -0.39 is 12.3 Å². The maximum Gasteiger partial charge on any atom is 0.259 e. The molecule has 0 spiro atoms. The first kappa shape index (κ1) is 27.4. The van der Waals surface area contributed by atoms with Gasteiger partial charge in [-0.3, -0.25) is 9.78 Å². The van der Waals surface area contributed by atoms with Gasteiger partial charge in [0.05, 0.1) is 38.3 Å². The van der Waals surface area contributed by atoms with Crippen LogP contribution in [-0.4, -0.2) is 74.9 Å². The number of carbonyl (C=O) groups excluding carboxylic acids is 1. The Labute approximate surface area is 221 Å². The Kier molecular flexibility index (Phi) is 9.19. The highest BCUT2D eigenvalue weighted by molar-refractivity contribution is 6.06. The molecule has 2 aliphatic rings. The number of aromatic nitrogens is 2. The first-order valence-corrected chi connectivity index (χ1v) is 12.6. The number of nitrogens with one attached hydrogen (secondary N) is 1. The predicted octanol–water partition coefficient (Wildman–Crippen LogP) is 4.39. The number of allylic oxidation sites excluding steroid dienone is 3. The van der Waals surface area contributed by atoms with Crippen LogP contribution in [0, 0.1) is 6.92 Å². The zero-order chi connectivity index (χ0) is 27.1. The third kappa shape index (κ3) is 6.81. The molecule has 0 saturated carbocycles. The monoisotopic (exact) mass is 525 g/mol. The average Bonchev–Trinajstić information content (AvgIpc) is 2.94. The molecule has 2 fully saturated rings. The molecule has 0 atom stereocenters. The smallest absolute Gasteiger partial charge is 0.259 e. The van der Waals surface area contributed by atoms with Crippen molar-refractivity contribution in [2.45, 2.75) is 20.3 Å². The van der Waals surface area contributed by atoms with E-state index in [0.717, 1.165) is 60.7 Å². The van der Waals surface area contributed by atoms with Crippen molar-refractivity contribution in [3.63, 3.8) is 0 Å². The molecule has 4 heterocycles. The number of morpholine rings is 2. The van der Waals surface area contributed by atoms with Crippen LogP contribution in [0.5, 0.6) is 0 Å². The fourth-order valence-corrected chi connectivity index (χ4v) is 4.29. The molecule has 2 aliphatic heterocycles. The molecule has 0 aromatic carbocycles. The number of amides is 1. The number of anilines is 3. The molecule has 0 aliphatic carbocycles. The van der Waals surface area contributed by atoms with Crippen LogP contribution in [-0.2, 0) is 14.3 Å². The van der Waals surface area contributed by atoms with E-state index in [1.165, 1.54) is 19.1 Å². The van der Waals surface area contributed by atoms with E-state index in [0.29, 0.717) is 32.1 Å². The highest BCUT2D eigenvalue weighted by Crippen LogP contribution is 2.32. The lowest BCUT2D eigenvalue weighted by atomic mass is 10.0. The van der Waals surface area contributed by atoms with Gasteiger partial charge in [0.15, 0.2) is 0 Å². The minimum atomic E-state index is -2.66. The van der Waals surface area contributed by atoms with Gasteiger partial charge in [0.1, 0.15) is 11.6 Å². The zero-order valence-corrected chi connectivity index (χ0v) is 21.8. The van der Waals surface area contributed by atoms with Crippen LogP contribution in [0.2, 0.25) is 0 Å². The van der Waals surface area contributed by atoms with Gasteiger partial charge < -0.3 is 24.6 Å². The van der Waals surface area contributed by atoms with Crippen LogP contribution >= 0.6 is 0 Å². The molecule has 10 heteroatoms. The zero-order valence-electron chi connectivity index (χ0n) is 21.8. The molecule has 1 N–H and O–H groups in total. The normalized spacial score (nSPS) is 17.1. The third-order valence-corrected chi connectivity index (χ3v) is 6.41. The summed E-state index contributed by atoms with van der Waals surface area (Å²) in [6.07, 6.45) is 2.85. The Morgan fingerprint density at radius 2 is 1.63 bits per heavy atom. The summed E-state index contributed by atoms with van der Waals surface area (Å²) in [6, 6.07) is 5.91. The molecule has 4 rings (SSSR count).